The maximum absolute atomic E-state index is 12.7. The number of alkyl halides is 3. The Morgan fingerprint density at radius 1 is 1.00 bits per heavy atom. The topological polar surface area (TPSA) is 42.5 Å². The molecule has 31 heavy (non-hydrogen) atoms. The molecule has 4 nitrogen and oxygen atoms in total. The highest BCUT2D eigenvalue weighted by Crippen LogP contribution is 2.43. The standard InChI is InChI=1S/C24H27F3N2O2/c25-24(26,27)31-20-9-10-21(30-19-7-8-19)16(14-20)15-28-22-11-6-18-12-13-23(22,29-18)17-4-2-1-3-5-17/h1-5,9-10,14,18-19,22,28-29H,6-8,11-13,15H2/t18-,22+,23+/m0/s1. The predicted molar refractivity (Wildman–Crippen MR) is 111 cm³/mol. The van der Waals surface area contributed by atoms with Crippen molar-refractivity contribution in [3.8, 4) is 11.5 Å². The van der Waals surface area contributed by atoms with Gasteiger partial charge in [0, 0.05) is 24.2 Å². The average Bonchev–Trinajstić information content (AvgIpc) is 3.50. The smallest absolute Gasteiger partial charge is 0.490 e. The van der Waals surface area contributed by atoms with Gasteiger partial charge >= 0.3 is 6.36 Å². The quantitative estimate of drug-likeness (QED) is 0.644. The molecule has 1 saturated carbocycles. The highest BCUT2D eigenvalue weighted by atomic mass is 19.4. The van der Waals surface area contributed by atoms with Gasteiger partial charge in [-0.2, -0.15) is 0 Å². The Morgan fingerprint density at radius 2 is 1.81 bits per heavy atom. The zero-order valence-corrected chi connectivity index (χ0v) is 17.3. The fraction of sp³-hybridized carbons (Fsp3) is 0.500. The van der Waals surface area contributed by atoms with Crippen LogP contribution in [0.5, 0.6) is 11.5 Å². The van der Waals surface area contributed by atoms with Crippen LogP contribution in [0.15, 0.2) is 48.5 Å². The third kappa shape index (κ3) is 4.53. The number of hydrogen-bond acceptors (Lipinski definition) is 4. The van der Waals surface area contributed by atoms with E-state index >= 15 is 0 Å². The molecule has 0 radical (unpaired) electrons. The summed E-state index contributed by atoms with van der Waals surface area (Å²) in [4.78, 5) is 0. The maximum Gasteiger partial charge on any atom is 0.573 e. The molecule has 5 rings (SSSR count). The molecule has 2 bridgehead atoms. The molecule has 1 aliphatic carbocycles. The number of hydrogen-bond donors (Lipinski definition) is 2. The van der Waals surface area contributed by atoms with E-state index in [1.165, 1.54) is 17.7 Å². The zero-order chi connectivity index (χ0) is 21.5. The number of nitrogens with one attached hydrogen (secondary N) is 2. The Hall–Kier alpha value is -2.25. The van der Waals surface area contributed by atoms with Gasteiger partial charge in [-0.15, -0.1) is 13.2 Å². The van der Waals surface area contributed by atoms with E-state index < -0.39 is 6.36 Å². The Morgan fingerprint density at radius 3 is 2.55 bits per heavy atom. The zero-order valence-electron chi connectivity index (χ0n) is 17.3. The molecular formula is C24H27F3N2O2. The lowest BCUT2D eigenvalue weighted by Gasteiger charge is -2.43. The Balaban J connectivity index is 1.38. The van der Waals surface area contributed by atoms with Crippen LogP contribution in [-0.2, 0) is 12.1 Å². The Kier molecular flexibility index (Phi) is 5.34. The van der Waals surface area contributed by atoms with Crippen molar-refractivity contribution in [1.29, 1.82) is 0 Å². The van der Waals surface area contributed by atoms with Crippen LogP contribution >= 0.6 is 0 Å². The van der Waals surface area contributed by atoms with Crippen LogP contribution in [0.1, 0.15) is 49.7 Å². The van der Waals surface area contributed by atoms with E-state index in [2.05, 4.69) is 39.6 Å². The molecule has 0 unspecified atom stereocenters. The maximum atomic E-state index is 12.7. The van der Waals surface area contributed by atoms with Crippen LogP contribution < -0.4 is 20.1 Å². The average molecular weight is 432 g/mol. The molecule has 0 aromatic heterocycles. The minimum atomic E-state index is -4.72. The Labute approximate surface area is 180 Å². The van der Waals surface area contributed by atoms with Crippen LogP contribution in [0.2, 0.25) is 0 Å². The van der Waals surface area contributed by atoms with Crippen LogP contribution in [0, 0.1) is 0 Å². The predicted octanol–water partition coefficient (Wildman–Crippen LogP) is 5.03. The summed E-state index contributed by atoms with van der Waals surface area (Å²) in [5.74, 6) is 0.416. The van der Waals surface area contributed by atoms with Gasteiger partial charge in [0.15, 0.2) is 0 Å². The van der Waals surface area contributed by atoms with Crippen LogP contribution in [0.25, 0.3) is 0 Å². The lowest BCUT2D eigenvalue weighted by molar-refractivity contribution is -0.274. The van der Waals surface area contributed by atoms with Gasteiger partial charge in [0.25, 0.3) is 0 Å². The van der Waals surface area contributed by atoms with Crippen molar-refractivity contribution in [3.63, 3.8) is 0 Å². The molecule has 2 heterocycles. The van der Waals surface area contributed by atoms with Crippen LogP contribution in [0.4, 0.5) is 13.2 Å². The first-order valence-electron chi connectivity index (χ1n) is 11.0. The van der Waals surface area contributed by atoms with Gasteiger partial charge in [-0.25, -0.2) is 0 Å². The normalized spacial score (nSPS) is 27.8. The van der Waals surface area contributed by atoms with Gasteiger partial charge in [0.1, 0.15) is 11.5 Å². The van der Waals surface area contributed by atoms with E-state index in [-0.39, 0.29) is 23.4 Å². The largest absolute Gasteiger partial charge is 0.573 e. The first-order chi connectivity index (χ1) is 14.9. The van der Waals surface area contributed by atoms with E-state index in [1.807, 2.05) is 6.07 Å². The summed E-state index contributed by atoms with van der Waals surface area (Å²) < 4.78 is 48.3. The molecule has 7 heteroatoms. The monoisotopic (exact) mass is 432 g/mol. The van der Waals surface area contributed by atoms with Gasteiger partial charge in [0.05, 0.1) is 11.6 Å². The third-order valence-electron chi connectivity index (χ3n) is 6.66. The van der Waals surface area contributed by atoms with Crippen molar-refractivity contribution in [3.05, 3.63) is 59.7 Å². The van der Waals surface area contributed by atoms with Gasteiger partial charge < -0.3 is 20.1 Å². The number of piperidine rings is 1. The fourth-order valence-corrected chi connectivity index (χ4v) is 5.06. The molecule has 3 aliphatic rings. The molecule has 3 atom stereocenters. The molecule has 2 aromatic rings. The molecule has 2 aliphatic heterocycles. The number of fused-ring (bicyclic) bond motifs is 2. The minimum absolute atomic E-state index is 0.151. The molecule has 2 saturated heterocycles. The number of rotatable bonds is 7. The molecule has 3 fully saturated rings. The van der Waals surface area contributed by atoms with Gasteiger partial charge in [-0.3, -0.25) is 0 Å². The van der Waals surface area contributed by atoms with E-state index in [0.717, 1.165) is 38.5 Å². The Bertz CT molecular complexity index is 917. The molecule has 2 aromatic carbocycles. The van der Waals surface area contributed by atoms with E-state index in [9.17, 15) is 13.2 Å². The molecule has 2 N–H and O–H groups in total. The van der Waals surface area contributed by atoms with E-state index in [0.29, 0.717) is 23.9 Å². The summed E-state index contributed by atoms with van der Waals surface area (Å²) in [7, 11) is 0. The lowest BCUT2D eigenvalue weighted by atomic mass is 9.79. The first kappa shape index (κ1) is 20.6. The lowest BCUT2D eigenvalue weighted by Crippen LogP contribution is -2.58. The molecule has 166 valence electrons. The van der Waals surface area contributed by atoms with Gasteiger partial charge in [-0.05, 0) is 62.3 Å². The molecule has 0 spiro atoms. The van der Waals surface area contributed by atoms with Gasteiger partial charge in [0.2, 0.25) is 0 Å². The van der Waals surface area contributed by atoms with Crippen LogP contribution in [0.3, 0.4) is 0 Å². The molecular weight excluding hydrogens is 405 g/mol. The van der Waals surface area contributed by atoms with Crippen molar-refractivity contribution in [1.82, 2.24) is 10.6 Å². The van der Waals surface area contributed by atoms with Crippen molar-refractivity contribution >= 4 is 0 Å². The summed E-state index contributed by atoms with van der Waals surface area (Å²) in [6, 6.07) is 15.5. The van der Waals surface area contributed by atoms with Crippen molar-refractivity contribution in [2.24, 2.45) is 0 Å². The SMILES string of the molecule is FC(F)(F)Oc1ccc(OC2CC2)c(CN[C@@H]2CC[C@H]3CC[C@]2(c2ccccc2)N3)c1. The van der Waals surface area contributed by atoms with Crippen molar-refractivity contribution in [2.75, 3.05) is 0 Å². The second kappa shape index (κ2) is 8.02. The summed E-state index contributed by atoms with van der Waals surface area (Å²) in [5.41, 5.74) is 1.80. The first-order valence-corrected chi connectivity index (χ1v) is 11.0. The summed E-state index contributed by atoms with van der Waals surface area (Å²) >= 11 is 0. The number of benzene rings is 2. The van der Waals surface area contributed by atoms with Gasteiger partial charge in [-0.1, -0.05) is 30.3 Å². The second-order valence-electron chi connectivity index (χ2n) is 8.86. The summed E-state index contributed by atoms with van der Waals surface area (Å²) in [6.07, 6.45) is 1.71. The minimum Gasteiger partial charge on any atom is -0.490 e. The van der Waals surface area contributed by atoms with E-state index in [1.54, 1.807) is 6.07 Å². The number of ether oxygens (including phenoxy) is 2. The van der Waals surface area contributed by atoms with Crippen LogP contribution in [-0.4, -0.2) is 24.6 Å². The van der Waals surface area contributed by atoms with Crippen molar-refractivity contribution in [2.45, 2.75) is 75.2 Å². The van der Waals surface area contributed by atoms with E-state index in [4.69, 9.17) is 4.74 Å². The summed E-state index contributed by atoms with van der Waals surface area (Å²) in [5, 5.41) is 7.49. The molecule has 0 amide bonds. The highest BCUT2D eigenvalue weighted by molar-refractivity contribution is 5.41. The second-order valence-corrected chi connectivity index (χ2v) is 8.86. The fourth-order valence-electron chi connectivity index (χ4n) is 5.06. The summed E-state index contributed by atoms with van der Waals surface area (Å²) in [6.45, 7) is 0.419. The third-order valence-corrected chi connectivity index (χ3v) is 6.66. The van der Waals surface area contributed by atoms with Crippen molar-refractivity contribution < 1.29 is 22.6 Å². The number of halogens is 3. The highest BCUT2D eigenvalue weighted by Gasteiger charge is 2.49.